The SMILES string of the molecule is COc1ccc(Cl)cc1-c1nc(N)ncc1[N+](=O)[O-]. The maximum Gasteiger partial charge on any atom is 0.313 e. The predicted molar refractivity (Wildman–Crippen MR) is 70.1 cm³/mol. The summed E-state index contributed by atoms with van der Waals surface area (Å²) in [6, 6.07) is 4.73. The van der Waals surface area contributed by atoms with Gasteiger partial charge in [0.05, 0.1) is 17.6 Å². The van der Waals surface area contributed by atoms with Crippen LogP contribution in [0.1, 0.15) is 0 Å². The van der Waals surface area contributed by atoms with Gasteiger partial charge in [0.25, 0.3) is 0 Å². The van der Waals surface area contributed by atoms with Crippen LogP contribution in [0.4, 0.5) is 11.6 Å². The van der Waals surface area contributed by atoms with E-state index < -0.39 is 4.92 Å². The second-order valence-corrected chi connectivity index (χ2v) is 4.00. The minimum atomic E-state index is -0.588. The highest BCUT2D eigenvalue weighted by Crippen LogP contribution is 2.36. The lowest BCUT2D eigenvalue weighted by Gasteiger charge is -2.08. The summed E-state index contributed by atoms with van der Waals surface area (Å²) < 4.78 is 5.15. The van der Waals surface area contributed by atoms with Gasteiger partial charge in [-0.15, -0.1) is 0 Å². The molecular formula is C11H9ClN4O3. The Morgan fingerprint density at radius 1 is 1.47 bits per heavy atom. The van der Waals surface area contributed by atoms with Crippen molar-refractivity contribution in [3.8, 4) is 17.0 Å². The number of hydrogen-bond donors (Lipinski definition) is 1. The smallest absolute Gasteiger partial charge is 0.313 e. The van der Waals surface area contributed by atoms with Crippen molar-refractivity contribution in [2.24, 2.45) is 0 Å². The van der Waals surface area contributed by atoms with Gasteiger partial charge in [-0.2, -0.15) is 0 Å². The molecule has 2 rings (SSSR count). The summed E-state index contributed by atoms with van der Waals surface area (Å²) in [4.78, 5) is 17.9. The van der Waals surface area contributed by atoms with E-state index in [1.807, 2.05) is 0 Å². The zero-order valence-corrected chi connectivity index (χ0v) is 10.6. The molecule has 1 aromatic carbocycles. The number of hydrogen-bond acceptors (Lipinski definition) is 6. The summed E-state index contributed by atoms with van der Waals surface area (Å²) in [7, 11) is 1.45. The van der Waals surface area contributed by atoms with Crippen LogP contribution in [0.2, 0.25) is 5.02 Å². The lowest BCUT2D eigenvalue weighted by Crippen LogP contribution is -2.02. The molecule has 0 unspecified atom stereocenters. The predicted octanol–water partition coefficient (Wildman–Crippen LogP) is 2.30. The molecule has 1 aromatic heterocycles. The molecular weight excluding hydrogens is 272 g/mol. The van der Waals surface area contributed by atoms with Gasteiger partial charge in [0.1, 0.15) is 11.9 Å². The van der Waals surface area contributed by atoms with Gasteiger partial charge in [0.15, 0.2) is 5.69 Å². The molecule has 0 aliphatic rings. The van der Waals surface area contributed by atoms with Crippen molar-refractivity contribution in [1.29, 1.82) is 0 Å². The van der Waals surface area contributed by atoms with Crippen LogP contribution < -0.4 is 10.5 Å². The van der Waals surface area contributed by atoms with Crippen molar-refractivity contribution in [3.05, 3.63) is 39.5 Å². The molecule has 0 saturated carbocycles. The Morgan fingerprint density at radius 3 is 2.84 bits per heavy atom. The molecule has 0 fully saturated rings. The average molecular weight is 281 g/mol. The summed E-state index contributed by atoms with van der Waals surface area (Å²) in [6.45, 7) is 0. The molecule has 0 aliphatic heterocycles. The number of ether oxygens (including phenoxy) is 1. The Kier molecular flexibility index (Phi) is 3.48. The fourth-order valence-electron chi connectivity index (χ4n) is 1.59. The van der Waals surface area contributed by atoms with Gasteiger partial charge in [-0.1, -0.05) is 11.6 Å². The summed E-state index contributed by atoms with van der Waals surface area (Å²) >= 11 is 5.90. The van der Waals surface area contributed by atoms with Gasteiger partial charge >= 0.3 is 5.69 Å². The van der Waals surface area contributed by atoms with Crippen LogP contribution >= 0.6 is 11.6 Å². The fraction of sp³-hybridized carbons (Fsp3) is 0.0909. The molecule has 0 atom stereocenters. The third-order valence-corrected chi connectivity index (χ3v) is 2.64. The molecule has 0 amide bonds. The Hall–Kier alpha value is -2.41. The first-order valence-electron chi connectivity index (χ1n) is 5.13. The van der Waals surface area contributed by atoms with Gasteiger partial charge in [0, 0.05) is 5.02 Å². The number of methoxy groups -OCH3 is 1. The molecule has 0 radical (unpaired) electrons. The topological polar surface area (TPSA) is 104 Å². The monoisotopic (exact) mass is 280 g/mol. The van der Waals surface area contributed by atoms with Crippen LogP contribution in [0.25, 0.3) is 11.3 Å². The first kappa shape index (κ1) is 13.0. The standard InChI is InChI=1S/C11H9ClN4O3/c1-19-9-3-2-6(12)4-7(9)10-8(16(17)18)5-14-11(13)15-10/h2-5H,1H3,(H2,13,14,15). The van der Waals surface area contributed by atoms with Crippen LogP contribution in [-0.2, 0) is 0 Å². The lowest BCUT2D eigenvalue weighted by molar-refractivity contribution is -0.384. The highest BCUT2D eigenvalue weighted by molar-refractivity contribution is 6.31. The summed E-state index contributed by atoms with van der Waals surface area (Å²) in [6.07, 6.45) is 1.05. The number of halogens is 1. The molecule has 98 valence electrons. The highest BCUT2D eigenvalue weighted by Gasteiger charge is 2.21. The first-order valence-corrected chi connectivity index (χ1v) is 5.51. The minimum absolute atomic E-state index is 0.0665. The van der Waals surface area contributed by atoms with Crippen molar-refractivity contribution >= 4 is 23.2 Å². The molecule has 1 heterocycles. The van der Waals surface area contributed by atoms with Crippen molar-refractivity contribution in [2.75, 3.05) is 12.8 Å². The summed E-state index contributed by atoms with van der Waals surface area (Å²) in [5, 5.41) is 11.4. The fourth-order valence-corrected chi connectivity index (χ4v) is 1.76. The van der Waals surface area contributed by atoms with E-state index in [1.165, 1.54) is 13.2 Å². The van der Waals surface area contributed by atoms with Crippen molar-refractivity contribution < 1.29 is 9.66 Å². The Bertz CT molecular complexity index is 648. The first-order chi connectivity index (χ1) is 9.02. The minimum Gasteiger partial charge on any atom is -0.496 e. The number of anilines is 1. The maximum absolute atomic E-state index is 11.0. The maximum atomic E-state index is 11.0. The van der Waals surface area contributed by atoms with Crippen molar-refractivity contribution in [1.82, 2.24) is 9.97 Å². The zero-order chi connectivity index (χ0) is 14.0. The van der Waals surface area contributed by atoms with E-state index in [9.17, 15) is 10.1 Å². The van der Waals surface area contributed by atoms with E-state index in [2.05, 4.69) is 9.97 Å². The molecule has 2 N–H and O–H groups in total. The van der Waals surface area contributed by atoms with Crippen LogP contribution in [-0.4, -0.2) is 22.0 Å². The van der Waals surface area contributed by atoms with Gasteiger partial charge in [-0.3, -0.25) is 10.1 Å². The van der Waals surface area contributed by atoms with Crippen LogP contribution in [0.15, 0.2) is 24.4 Å². The van der Waals surface area contributed by atoms with Crippen molar-refractivity contribution in [3.63, 3.8) is 0 Å². The Morgan fingerprint density at radius 2 is 2.21 bits per heavy atom. The third-order valence-electron chi connectivity index (χ3n) is 2.40. The van der Waals surface area contributed by atoms with Gasteiger partial charge in [-0.25, -0.2) is 9.97 Å². The molecule has 0 bridgehead atoms. The van der Waals surface area contributed by atoms with E-state index in [0.29, 0.717) is 16.3 Å². The number of benzene rings is 1. The second-order valence-electron chi connectivity index (χ2n) is 3.56. The van der Waals surface area contributed by atoms with E-state index in [4.69, 9.17) is 22.1 Å². The Balaban J connectivity index is 2.73. The largest absolute Gasteiger partial charge is 0.496 e. The number of nitrogens with two attached hydrogens (primary N) is 1. The van der Waals surface area contributed by atoms with Gasteiger partial charge in [-0.05, 0) is 18.2 Å². The lowest BCUT2D eigenvalue weighted by atomic mass is 10.1. The number of aromatic nitrogens is 2. The van der Waals surface area contributed by atoms with Gasteiger partial charge < -0.3 is 10.5 Å². The van der Waals surface area contributed by atoms with E-state index in [0.717, 1.165) is 6.20 Å². The molecule has 8 heteroatoms. The molecule has 0 spiro atoms. The molecule has 19 heavy (non-hydrogen) atoms. The summed E-state index contributed by atoms with van der Waals surface area (Å²) in [5.74, 6) is 0.341. The number of nitrogens with zero attached hydrogens (tertiary/aromatic N) is 3. The Labute approximate surface area is 113 Å². The van der Waals surface area contributed by atoms with Crippen molar-refractivity contribution in [2.45, 2.75) is 0 Å². The van der Waals surface area contributed by atoms with E-state index >= 15 is 0 Å². The normalized spacial score (nSPS) is 10.2. The quantitative estimate of drug-likeness (QED) is 0.683. The van der Waals surface area contributed by atoms with Crippen LogP contribution in [0.5, 0.6) is 5.75 Å². The van der Waals surface area contributed by atoms with E-state index in [1.54, 1.807) is 12.1 Å². The zero-order valence-electron chi connectivity index (χ0n) is 9.83. The molecule has 0 aliphatic carbocycles. The molecule has 7 nitrogen and oxygen atoms in total. The molecule has 2 aromatic rings. The number of nitro groups is 1. The van der Waals surface area contributed by atoms with Gasteiger partial charge in [0.2, 0.25) is 5.95 Å². The molecule has 0 saturated heterocycles. The van der Waals surface area contributed by atoms with Crippen LogP contribution in [0, 0.1) is 10.1 Å². The third kappa shape index (κ3) is 2.55. The number of rotatable bonds is 3. The van der Waals surface area contributed by atoms with Crippen LogP contribution in [0.3, 0.4) is 0 Å². The number of nitrogen functional groups attached to an aromatic ring is 1. The highest BCUT2D eigenvalue weighted by atomic mass is 35.5. The summed E-state index contributed by atoms with van der Waals surface area (Å²) in [5.41, 5.74) is 5.66. The second kappa shape index (κ2) is 5.07. The average Bonchev–Trinajstić information content (AvgIpc) is 2.38. The van der Waals surface area contributed by atoms with E-state index in [-0.39, 0.29) is 17.3 Å².